The van der Waals surface area contributed by atoms with Crippen LogP contribution >= 0.6 is 0 Å². The fraction of sp³-hybridized carbons (Fsp3) is 0.429. The highest BCUT2D eigenvalue weighted by Gasteiger charge is 2.23. The first kappa shape index (κ1) is 12.6. The van der Waals surface area contributed by atoms with Crippen LogP contribution in [0.2, 0.25) is 0 Å². The summed E-state index contributed by atoms with van der Waals surface area (Å²) in [4.78, 5) is 23.2. The molecule has 96 valence electrons. The molecule has 4 nitrogen and oxygen atoms in total. The Morgan fingerprint density at radius 3 is 2.72 bits per heavy atom. The molecule has 0 unspecified atom stereocenters. The highest BCUT2D eigenvalue weighted by atomic mass is 16.5. The van der Waals surface area contributed by atoms with E-state index in [4.69, 9.17) is 4.74 Å². The largest absolute Gasteiger partial charge is 0.452 e. The van der Waals surface area contributed by atoms with Gasteiger partial charge in [-0.3, -0.25) is 4.79 Å². The molecule has 4 heteroatoms. The summed E-state index contributed by atoms with van der Waals surface area (Å²) in [6.07, 6.45) is 2.05. The van der Waals surface area contributed by atoms with Crippen molar-refractivity contribution in [1.82, 2.24) is 5.32 Å². The summed E-state index contributed by atoms with van der Waals surface area (Å²) >= 11 is 0. The van der Waals surface area contributed by atoms with Gasteiger partial charge in [-0.15, -0.1) is 0 Å². The standard InChI is InChI=1S/C14H17NO3/c1-9-3-4-10(2)12(7-9)14(17)18-8-13(16)15-11-5-6-11/h3-4,7,11H,5-6,8H2,1-2H3,(H,15,16). The van der Waals surface area contributed by atoms with Crippen LogP contribution in [0.5, 0.6) is 0 Å². The lowest BCUT2D eigenvalue weighted by molar-refractivity contribution is -0.124. The number of benzene rings is 1. The molecular formula is C14H17NO3. The van der Waals surface area contributed by atoms with E-state index in [2.05, 4.69) is 5.32 Å². The summed E-state index contributed by atoms with van der Waals surface area (Å²) in [6, 6.07) is 5.87. The van der Waals surface area contributed by atoms with Gasteiger partial charge in [-0.2, -0.15) is 0 Å². The van der Waals surface area contributed by atoms with Crippen molar-refractivity contribution < 1.29 is 14.3 Å². The Morgan fingerprint density at radius 2 is 2.06 bits per heavy atom. The molecule has 1 N–H and O–H groups in total. The second kappa shape index (κ2) is 5.21. The fourth-order valence-corrected chi connectivity index (χ4v) is 1.66. The molecule has 1 fully saturated rings. The molecule has 0 radical (unpaired) electrons. The van der Waals surface area contributed by atoms with Crippen molar-refractivity contribution in [1.29, 1.82) is 0 Å². The first-order chi connectivity index (χ1) is 8.56. The monoisotopic (exact) mass is 247 g/mol. The normalized spacial score (nSPS) is 14.1. The minimum absolute atomic E-state index is 0.206. The third-order valence-electron chi connectivity index (χ3n) is 2.89. The number of esters is 1. The summed E-state index contributed by atoms with van der Waals surface area (Å²) in [5, 5.41) is 2.77. The molecule has 0 aromatic heterocycles. The Hall–Kier alpha value is -1.84. The van der Waals surface area contributed by atoms with Gasteiger partial charge >= 0.3 is 5.97 Å². The number of hydrogen-bond acceptors (Lipinski definition) is 3. The highest BCUT2D eigenvalue weighted by Crippen LogP contribution is 2.18. The van der Waals surface area contributed by atoms with E-state index in [9.17, 15) is 9.59 Å². The molecule has 1 aliphatic carbocycles. The summed E-state index contributed by atoms with van der Waals surface area (Å²) < 4.78 is 5.00. The van der Waals surface area contributed by atoms with Gasteiger partial charge in [-0.25, -0.2) is 4.79 Å². The maximum absolute atomic E-state index is 11.8. The van der Waals surface area contributed by atoms with Crippen LogP contribution < -0.4 is 5.32 Å². The van der Waals surface area contributed by atoms with Gasteiger partial charge in [0.25, 0.3) is 5.91 Å². The Morgan fingerprint density at radius 1 is 1.33 bits per heavy atom. The molecule has 1 aromatic carbocycles. The van der Waals surface area contributed by atoms with E-state index in [-0.39, 0.29) is 18.6 Å². The lowest BCUT2D eigenvalue weighted by Crippen LogP contribution is -2.30. The van der Waals surface area contributed by atoms with E-state index >= 15 is 0 Å². The average molecular weight is 247 g/mol. The van der Waals surface area contributed by atoms with Crippen LogP contribution in [0.3, 0.4) is 0 Å². The van der Waals surface area contributed by atoms with Crippen molar-refractivity contribution in [2.75, 3.05) is 6.61 Å². The second-order valence-corrected chi connectivity index (χ2v) is 4.74. The van der Waals surface area contributed by atoms with Crippen LogP contribution in [0, 0.1) is 13.8 Å². The zero-order valence-corrected chi connectivity index (χ0v) is 10.7. The van der Waals surface area contributed by atoms with Gasteiger partial charge in [0.15, 0.2) is 6.61 Å². The molecule has 1 saturated carbocycles. The first-order valence-electron chi connectivity index (χ1n) is 6.10. The summed E-state index contributed by atoms with van der Waals surface area (Å²) in [7, 11) is 0. The molecule has 2 rings (SSSR count). The van der Waals surface area contributed by atoms with E-state index < -0.39 is 5.97 Å². The van der Waals surface area contributed by atoms with Crippen LogP contribution in [0.25, 0.3) is 0 Å². The third-order valence-corrected chi connectivity index (χ3v) is 2.89. The van der Waals surface area contributed by atoms with Gasteiger partial charge in [-0.1, -0.05) is 17.7 Å². The van der Waals surface area contributed by atoms with E-state index in [1.807, 2.05) is 26.0 Å². The van der Waals surface area contributed by atoms with Crippen molar-refractivity contribution >= 4 is 11.9 Å². The van der Waals surface area contributed by atoms with Crippen LogP contribution in [-0.2, 0) is 9.53 Å². The zero-order chi connectivity index (χ0) is 13.1. The Bertz CT molecular complexity index is 478. The van der Waals surface area contributed by atoms with Crippen molar-refractivity contribution in [3.63, 3.8) is 0 Å². The van der Waals surface area contributed by atoms with Crippen molar-refractivity contribution in [2.45, 2.75) is 32.7 Å². The minimum Gasteiger partial charge on any atom is -0.452 e. The smallest absolute Gasteiger partial charge is 0.338 e. The lowest BCUT2D eigenvalue weighted by Gasteiger charge is -2.08. The molecule has 0 atom stereocenters. The summed E-state index contributed by atoms with van der Waals surface area (Å²) in [5.41, 5.74) is 2.37. The zero-order valence-electron chi connectivity index (χ0n) is 10.7. The molecule has 0 aliphatic heterocycles. The number of nitrogens with one attached hydrogen (secondary N) is 1. The van der Waals surface area contributed by atoms with Gasteiger partial charge in [0.2, 0.25) is 0 Å². The summed E-state index contributed by atoms with van der Waals surface area (Å²) in [6.45, 7) is 3.55. The number of ether oxygens (including phenoxy) is 1. The van der Waals surface area contributed by atoms with E-state index in [1.54, 1.807) is 6.07 Å². The van der Waals surface area contributed by atoms with Crippen molar-refractivity contribution in [3.8, 4) is 0 Å². The van der Waals surface area contributed by atoms with Gasteiger partial charge in [0.05, 0.1) is 5.56 Å². The molecule has 18 heavy (non-hydrogen) atoms. The van der Waals surface area contributed by atoms with Crippen LogP contribution in [0.15, 0.2) is 18.2 Å². The molecule has 0 spiro atoms. The first-order valence-corrected chi connectivity index (χ1v) is 6.10. The van der Waals surface area contributed by atoms with Gasteiger partial charge in [-0.05, 0) is 38.3 Å². The summed E-state index contributed by atoms with van der Waals surface area (Å²) in [5.74, 6) is -0.668. The predicted octanol–water partition coefficient (Wildman–Crippen LogP) is 1.74. The molecule has 1 aromatic rings. The third kappa shape index (κ3) is 3.32. The van der Waals surface area contributed by atoms with E-state index in [1.165, 1.54) is 0 Å². The van der Waals surface area contributed by atoms with E-state index in [0.717, 1.165) is 24.0 Å². The molecule has 0 bridgehead atoms. The number of carbonyl (C=O) groups is 2. The van der Waals surface area contributed by atoms with Crippen LogP contribution in [0.1, 0.15) is 34.3 Å². The minimum atomic E-state index is -0.442. The molecule has 1 aliphatic rings. The average Bonchev–Trinajstić information content (AvgIpc) is 3.13. The molecular weight excluding hydrogens is 230 g/mol. The Labute approximate surface area is 106 Å². The van der Waals surface area contributed by atoms with Crippen LogP contribution in [0.4, 0.5) is 0 Å². The Balaban J connectivity index is 1.90. The van der Waals surface area contributed by atoms with Crippen molar-refractivity contribution in [3.05, 3.63) is 34.9 Å². The van der Waals surface area contributed by atoms with Gasteiger partial charge in [0.1, 0.15) is 0 Å². The van der Waals surface area contributed by atoms with Crippen molar-refractivity contribution in [2.24, 2.45) is 0 Å². The maximum atomic E-state index is 11.8. The predicted molar refractivity (Wildman–Crippen MR) is 67.4 cm³/mol. The van der Waals surface area contributed by atoms with Crippen LogP contribution in [-0.4, -0.2) is 24.5 Å². The van der Waals surface area contributed by atoms with E-state index in [0.29, 0.717) is 5.56 Å². The maximum Gasteiger partial charge on any atom is 0.338 e. The van der Waals surface area contributed by atoms with Gasteiger partial charge < -0.3 is 10.1 Å². The number of rotatable bonds is 4. The number of aryl methyl sites for hydroxylation is 2. The molecule has 0 saturated heterocycles. The number of amides is 1. The number of hydrogen-bond donors (Lipinski definition) is 1. The molecule has 0 heterocycles. The molecule has 1 amide bonds. The fourth-order valence-electron chi connectivity index (χ4n) is 1.66. The van der Waals surface area contributed by atoms with Gasteiger partial charge in [0, 0.05) is 6.04 Å². The second-order valence-electron chi connectivity index (χ2n) is 4.74. The Kier molecular flexibility index (Phi) is 3.65. The topological polar surface area (TPSA) is 55.4 Å². The lowest BCUT2D eigenvalue weighted by atomic mass is 10.1. The SMILES string of the molecule is Cc1ccc(C)c(C(=O)OCC(=O)NC2CC2)c1. The highest BCUT2D eigenvalue weighted by molar-refractivity contribution is 5.92. The number of carbonyl (C=O) groups excluding carboxylic acids is 2. The quantitative estimate of drug-likeness (QED) is 0.824.